The number of nitrogens with zero attached hydrogens (tertiary/aromatic N) is 4. The monoisotopic (exact) mass is 521 g/mol. The molecule has 10 nitrogen and oxygen atoms in total. The SMILES string of the molecule is CC.CC.CC(C)C1=CC(Nc2cc(N3CCNCC3)nc(NCc3cc(-c4ccccc4)no3)n2)NN1. The predicted molar refractivity (Wildman–Crippen MR) is 156 cm³/mol. The van der Waals surface area contributed by atoms with Gasteiger partial charge in [0.2, 0.25) is 5.95 Å². The highest BCUT2D eigenvalue weighted by atomic mass is 16.5. The van der Waals surface area contributed by atoms with Crippen LogP contribution in [0.4, 0.5) is 17.6 Å². The Morgan fingerprint density at radius 2 is 1.76 bits per heavy atom. The number of allylic oxidation sites excluding steroid dienone is 1. The third-order valence-corrected chi connectivity index (χ3v) is 5.85. The van der Waals surface area contributed by atoms with E-state index in [0.717, 1.165) is 60.5 Å². The van der Waals surface area contributed by atoms with E-state index in [1.54, 1.807) is 0 Å². The van der Waals surface area contributed by atoms with Crippen LogP contribution in [-0.4, -0.2) is 47.5 Å². The molecule has 1 fully saturated rings. The number of hydrogen-bond acceptors (Lipinski definition) is 10. The van der Waals surface area contributed by atoms with Crippen LogP contribution in [0.3, 0.4) is 0 Å². The maximum atomic E-state index is 5.53. The van der Waals surface area contributed by atoms with Gasteiger partial charge in [0, 0.05) is 49.6 Å². The number of hydrazine groups is 1. The van der Waals surface area contributed by atoms with E-state index in [1.165, 1.54) is 0 Å². The number of piperazine rings is 1. The maximum Gasteiger partial charge on any atom is 0.226 e. The van der Waals surface area contributed by atoms with Gasteiger partial charge in [0.25, 0.3) is 0 Å². The van der Waals surface area contributed by atoms with E-state index in [-0.39, 0.29) is 6.17 Å². The average molecular weight is 522 g/mol. The van der Waals surface area contributed by atoms with Crippen molar-refractivity contribution in [3.8, 4) is 11.3 Å². The van der Waals surface area contributed by atoms with Crippen LogP contribution in [0.25, 0.3) is 11.3 Å². The van der Waals surface area contributed by atoms with Crippen LogP contribution in [0.1, 0.15) is 47.3 Å². The van der Waals surface area contributed by atoms with Crippen molar-refractivity contribution in [1.29, 1.82) is 0 Å². The predicted octanol–water partition coefficient (Wildman–Crippen LogP) is 4.59. The van der Waals surface area contributed by atoms with Gasteiger partial charge in [0.15, 0.2) is 5.76 Å². The minimum absolute atomic E-state index is 0.0567. The van der Waals surface area contributed by atoms with Crippen molar-refractivity contribution in [3.05, 3.63) is 60.0 Å². The fraction of sp³-hybridized carbons (Fsp3) is 0.464. The molecule has 38 heavy (non-hydrogen) atoms. The van der Waals surface area contributed by atoms with E-state index in [1.807, 2.05) is 70.2 Å². The van der Waals surface area contributed by atoms with Crippen molar-refractivity contribution in [2.75, 3.05) is 41.7 Å². The molecule has 5 rings (SSSR count). The van der Waals surface area contributed by atoms with Gasteiger partial charge in [-0.1, -0.05) is 77.0 Å². The van der Waals surface area contributed by atoms with Gasteiger partial charge in [0.1, 0.15) is 23.5 Å². The smallest absolute Gasteiger partial charge is 0.226 e. The summed E-state index contributed by atoms with van der Waals surface area (Å²) in [5.41, 5.74) is 9.47. The van der Waals surface area contributed by atoms with E-state index in [0.29, 0.717) is 18.4 Å². The summed E-state index contributed by atoms with van der Waals surface area (Å²) in [6, 6.07) is 13.9. The van der Waals surface area contributed by atoms with Crippen molar-refractivity contribution < 1.29 is 4.52 Å². The van der Waals surface area contributed by atoms with Gasteiger partial charge in [-0.2, -0.15) is 9.97 Å². The van der Waals surface area contributed by atoms with Crippen LogP contribution in [0, 0.1) is 5.92 Å². The van der Waals surface area contributed by atoms with Crippen LogP contribution in [0.5, 0.6) is 0 Å². The molecule has 0 bridgehead atoms. The maximum absolute atomic E-state index is 5.53. The molecule has 1 atom stereocenters. The quantitative estimate of drug-likeness (QED) is 0.288. The zero-order valence-electron chi connectivity index (χ0n) is 23.5. The topological polar surface area (TPSA) is 115 Å². The number of hydrogen-bond donors (Lipinski definition) is 5. The van der Waals surface area contributed by atoms with Gasteiger partial charge in [-0.3, -0.25) is 0 Å². The van der Waals surface area contributed by atoms with E-state index in [9.17, 15) is 0 Å². The van der Waals surface area contributed by atoms with Gasteiger partial charge in [0.05, 0.1) is 6.54 Å². The van der Waals surface area contributed by atoms with Crippen LogP contribution >= 0.6 is 0 Å². The van der Waals surface area contributed by atoms with Crippen LogP contribution in [0.2, 0.25) is 0 Å². The Balaban J connectivity index is 0.000000956. The first kappa shape index (κ1) is 28.9. The van der Waals surface area contributed by atoms with Gasteiger partial charge in [-0.15, -0.1) is 0 Å². The summed E-state index contributed by atoms with van der Waals surface area (Å²) in [6.07, 6.45) is 2.09. The van der Waals surface area contributed by atoms with Gasteiger partial charge < -0.3 is 30.8 Å². The standard InChI is InChI=1S/C24H31N9O.2C2H6/c1-16(2)19-13-22(31-30-19)27-21-14-23(33-10-8-25-9-11-33)29-24(28-21)26-15-18-12-20(32-34-18)17-6-4-3-5-7-17;2*1-2/h3-7,12-14,16,22,25,30-31H,8-11,15H2,1-2H3,(H2,26,27,28,29);2*1-2H3. The minimum atomic E-state index is -0.0567. The van der Waals surface area contributed by atoms with Gasteiger partial charge >= 0.3 is 0 Å². The highest BCUT2D eigenvalue weighted by Gasteiger charge is 2.19. The summed E-state index contributed by atoms with van der Waals surface area (Å²) >= 11 is 0. The van der Waals surface area contributed by atoms with Crippen molar-refractivity contribution >= 4 is 17.6 Å². The summed E-state index contributed by atoms with van der Waals surface area (Å²) in [7, 11) is 0. The summed E-state index contributed by atoms with van der Waals surface area (Å²) in [4.78, 5) is 11.8. The molecule has 1 saturated heterocycles. The van der Waals surface area contributed by atoms with Crippen LogP contribution in [-0.2, 0) is 6.54 Å². The summed E-state index contributed by atoms with van der Waals surface area (Å²) in [6.45, 7) is 16.4. The number of nitrogens with one attached hydrogen (secondary N) is 5. The van der Waals surface area contributed by atoms with Crippen molar-refractivity contribution in [1.82, 2.24) is 31.3 Å². The molecule has 1 aromatic carbocycles. The fourth-order valence-electron chi connectivity index (χ4n) is 3.95. The molecule has 2 aliphatic rings. The Kier molecular flexibility index (Phi) is 11.4. The van der Waals surface area contributed by atoms with Crippen molar-refractivity contribution in [3.63, 3.8) is 0 Å². The Morgan fingerprint density at radius 3 is 2.45 bits per heavy atom. The van der Waals surface area contributed by atoms with E-state index in [4.69, 9.17) is 14.5 Å². The van der Waals surface area contributed by atoms with Crippen LogP contribution in [0.15, 0.2) is 58.8 Å². The van der Waals surface area contributed by atoms with Crippen LogP contribution < -0.4 is 31.7 Å². The minimum Gasteiger partial charge on any atom is -0.359 e. The van der Waals surface area contributed by atoms with E-state index >= 15 is 0 Å². The number of anilines is 3. The first-order chi connectivity index (χ1) is 18.6. The molecule has 0 amide bonds. The zero-order valence-corrected chi connectivity index (χ0v) is 23.5. The number of benzene rings is 1. The molecule has 206 valence electrons. The summed E-state index contributed by atoms with van der Waals surface area (Å²) < 4.78 is 5.53. The Morgan fingerprint density at radius 1 is 1.03 bits per heavy atom. The number of aromatic nitrogens is 3. The molecule has 5 N–H and O–H groups in total. The third-order valence-electron chi connectivity index (χ3n) is 5.85. The second-order valence-corrected chi connectivity index (χ2v) is 8.74. The molecule has 10 heteroatoms. The summed E-state index contributed by atoms with van der Waals surface area (Å²) in [5, 5.41) is 14.3. The van der Waals surface area contributed by atoms with Gasteiger partial charge in [-0.25, -0.2) is 5.43 Å². The van der Waals surface area contributed by atoms with E-state index in [2.05, 4.69) is 56.8 Å². The van der Waals surface area contributed by atoms with Crippen molar-refractivity contribution in [2.24, 2.45) is 5.92 Å². The lowest BCUT2D eigenvalue weighted by molar-refractivity contribution is 0.390. The van der Waals surface area contributed by atoms with Gasteiger partial charge in [-0.05, 0) is 12.0 Å². The normalized spacial score (nSPS) is 16.4. The first-order valence-electron chi connectivity index (χ1n) is 13.7. The Hall–Kier alpha value is -3.63. The second kappa shape index (κ2) is 14.9. The molecule has 0 saturated carbocycles. The molecular weight excluding hydrogens is 478 g/mol. The molecule has 3 aromatic rings. The second-order valence-electron chi connectivity index (χ2n) is 8.74. The largest absolute Gasteiger partial charge is 0.359 e. The molecule has 0 aliphatic carbocycles. The van der Waals surface area contributed by atoms with Crippen molar-refractivity contribution in [2.45, 2.75) is 54.3 Å². The lowest BCUT2D eigenvalue weighted by atomic mass is 10.1. The molecule has 0 radical (unpaired) electrons. The zero-order chi connectivity index (χ0) is 27.3. The molecule has 0 spiro atoms. The lowest BCUT2D eigenvalue weighted by Crippen LogP contribution is -2.44. The number of rotatable bonds is 8. The average Bonchev–Trinajstić information content (AvgIpc) is 3.65. The summed E-state index contributed by atoms with van der Waals surface area (Å²) in [5.74, 6) is 3.31. The fourth-order valence-corrected chi connectivity index (χ4v) is 3.95. The highest BCUT2D eigenvalue weighted by Crippen LogP contribution is 2.22. The Bertz CT molecular complexity index is 1120. The molecule has 1 unspecified atom stereocenters. The first-order valence-corrected chi connectivity index (χ1v) is 13.7. The Labute approximate surface area is 226 Å². The highest BCUT2D eigenvalue weighted by molar-refractivity contribution is 5.59. The molecule has 2 aliphatic heterocycles. The van der Waals surface area contributed by atoms with E-state index < -0.39 is 0 Å². The molecular formula is C28H43N9O. The molecule has 4 heterocycles. The molecule has 2 aromatic heterocycles. The lowest BCUT2D eigenvalue weighted by Gasteiger charge is -2.29. The third kappa shape index (κ3) is 7.93.